The Labute approximate surface area is 114 Å². The Morgan fingerprint density at radius 1 is 1.32 bits per heavy atom. The molecule has 5 heteroatoms. The summed E-state index contributed by atoms with van der Waals surface area (Å²) in [4.78, 5) is 11.5. The normalized spacial score (nSPS) is 11.7. The molecule has 0 saturated carbocycles. The number of benzene rings is 1. The minimum Gasteiger partial charge on any atom is -0.508 e. The Morgan fingerprint density at radius 2 is 2.00 bits per heavy atom. The first-order chi connectivity index (χ1) is 9.11. The van der Waals surface area contributed by atoms with Crippen LogP contribution in [0.4, 0.5) is 4.79 Å². The van der Waals surface area contributed by atoms with Gasteiger partial charge in [0.2, 0.25) is 0 Å². The summed E-state index contributed by atoms with van der Waals surface area (Å²) in [5.74, 6) is 0.776. The first kappa shape index (κ1) is 15.1. The molecule has 0 aliphatic carbocycles. The first-order valence-corrected chi connectivity index (χ1v) is 6.62. The number of hydrogen-bond acceptors (Lipinski definition) is 3. The van der Waals surface area contributed by atoms with Crippen molar-refractivity contribution in [3.05, 3.63) is 24.3 Å². The molecule has 1 aromatic carbocycles. The first-order valence-electron chi connectivity index (χ1n) is 6.62. The Hall–Kier alpha value is -1.91. The van der Waals surface area contributed by atoms with E-state index in [4.69, 9.17) is 9.84 Å². The van der Waals surface area contributed by atoms with Crippen molar-refractivity contribution in [2.45, 2.75) is 39.3 Å². The van der Waals surface area contributed by atoms with Gasteiger partial charge in [-0.15, -0.1) is 0 Å². The molecule has 0 aromatic heterocycles. The fourth-order valence-corrected chi connectivity index (χ4v) is 1.57. The topological polar surface area (TPSA) is 70.6 Å². The van der Waals surface area contributed by atoms with Crippen LogP contribution in [0.1, 0.15) is 33.1 Å². The van der Waals surface area contributed by atoms with Gasteiger partial charge < -0.3 is 20.5 Å². The third-order valence-electron chi connectivity index (χ3n) is 2.55. The summed E-state index contributed by atoms with van der Waals surface area (Å²) < 4.78 is 5.48. The van der Waals surface area contributed by atoms with Gasteiger partial charge in [-0.2, -0.15) is 0 Å². The molecule has 19 heavy (non-hydrogen) atoms. The number of urea groups is 1. The van der Waals surface area contributed by atoms with Crippen molar-refractivity contribution in [2.24, 2.45) is 0 Å². The summed E-state index contributed by atoms with van der Waals surface area (Å²) in [5, 5.41) is 14.6. The maximum absolute atomic E-state index is 11.5. The number of carbonyl (C=O) groups excluding carboxylic acids is 1. The second-order valence-electron chi connectivity index (χ2n) is 4.36. The van der Waals surface area contributed by atoms with Gasteiger partial charge in [-0.05, 0) is 37.6 Å². The van der Waals surface area contributed by atoms with Crippen molar-refractivity contribution in [2.75, 3.05) is 6.54 Å². The van der Waals surface area contributed by atoms with Crippen LogP contribution in [0.3, 0.4) is 0 Å². The lowest BCUT2D eigenvalue weighted by Gasteiger charge is -2.16. The highest BCUT2D eigenvalue weighted by molar-refractivity contribution is 5.73. The fourth-order valence-electron chi connectivity index (χ4n) is 1.57. The number of carbonyl (C=O) groups is 1. The Morgan fingerprint density at radius 3 is 2.63 bits per heavy atom. The molecule has 0 fully saturated rings. The molecule has 1 rings (SSSR count). The van der Waals surface area contributed by atoms with Crippen LogP contribution in [0, 0.1) is 0 Å². The van der Waals surface area contributed by atoms with Crippen LogP contribution in [0.25, 0.3) is 0 Å². The Bertz CT molecular complexity index is 379. The molecule has 2 amide bonds. The average Bonchev–Trinajstić information content (AvgIpc) is 2.37. The summed E-state index contributed by atoms with van der Waals surface area (Å²) in [7, 11) is 0. The number of ether oxygens (including phenoxy) is 1. The van der Waals surface area contributed by atoms with E-state index in [2.05, 4.69) is 17.6 Å². The van der Waals surface area contributed by atoms with E-state index in [0.29, 0.717) is 12.3 Å². The van der Waals surface area contributed by atoms with Gasteiger partial charge in [0, 0.05) is 6.54 Å². The van der Waals surface area contributed by atoms with Gasteiger partial charge in [0.05, 0.1) is 0 Å². The minimum absolute atomic E-state index is 0.182. The number of hydrogen-bond donors (Lipinski definition) is 3. The zero-order valence-electron chi connectivity index (χ0n) is 11.5. The van der Waals surface area contributed by atoms with E-state index in [0.717, 1.165) is 19.3 Å². The fraction of sp³-hybridized carbons (Fsp3) is 0.500. The number of phenols is 1. The van der Waals surface area contributed by atoms with E-state index in [1.807, 2.05) is 0 Å². The molecule has 3 N–H and O–H groups in total. The lowest BCUT2D eigenvalue weighted by molar-refractivity contribution is 0.177. The second-order valence-corrected chi connectivity index (χ2v) is 4.36. The summed E-state index contributed by atoms with van der Waals surface area (Å²) in [6.07, 6.45) is 2.79. The van der Waals surface area contributed by atoms with Crippen molar-refractivity contribution in [3.63, 3.8) is 0 Å². The molecular formula is C14H22N2O3. The van der Waals surface area contributed by atoms with Gasteiger partial charge in [0.1, 0.15) is 11.5 Å². The monoisotopic (exact) mass is 266 g/mol. The predicted molar refractivity (Wildman–Crippen MR) is 74.3 cm³/mol. The summed E-state index contributed by atoms with van der Waals surface area (Å²) >= 11 is 0. The van der Waals surface area contributed by atoms with E-state index >= 15 is 0 Å². The summed E-state index contributed by atoms with van der Waals surface area (Å²) in [6, 6.07) is 6.13. The SMILES string of the molecule is CCCCCNC(=O)NC(C)Oc1ccc(O)cc1. The van der Waals surface area contributed by atoms with Crippen molar-refractivity contribution in [3.8, 4) is 11.5 Å². The van der Waals surface area contributed by atoms with Crippen molar-refractivity contribution >= 4 is 6.03 Å². The van der Waals surface area contributed by atoms with E-state index in [1.165, 1.54) is 12.1 Å². The summed E-state index contributed by atoms with van der Waals surface area (Å²) in [5.41, 5.74) is 0. The van der Waals surface area contributed by atoms with Crippen LogP contribution in [-0.2, 0) is 0 Å². The van der Waals surface area contributed by atoms with Gasteiger partial charge in [0.15, 0.2) is 6.23 Å². The average molecular weight is 266 g/mol. The molecule has 1 aromatic rings. The number of aromatic hydroxyl groups is 1. The molecule has 0 heterocycles. The van der Waals surface area contributed by atoms with E-state index < -0.39 is 6.23 Å². The Kier molecular flexibility index (Phi) is 6.57. The lowest BCUT2D eigenvalue weighted by atomic mass is 10.2. The minimum atomic E-state index is -0.435. The van der Waals surface area contributed by atoms with Crippen LogP contribution >= 0.6 is 0 Å². The van der Waals surface area contributed by atoms with E-state index in [1.54, 1.807) is 19.1 Å². The number of unbranched alkanes of at least 4 members (excludes halogenated alkanes) is 2. The molecule has 5 nitrogen and oxygen atoms in total. The lowest BCUT2D eigenvalue weighted by Crippen LogP contribution is -2.43. The predicted octanol–water partition coefficient (Wildman–Crippen LogP) is 2.61. The zero-order chi connectivity index (χ0) is 14.1. The van der Waals surface area contributed by atoms with Crippen LogP contribution in [-0.4, -0.2) is 23.9 Å². The van der Waals surface area contributed by atoms with Gasteiger partial charge >= 0.3 is 6.03 Å². The van der Waals surface area contributed by atoms with Gasteiger partial charge in [-0.25, -0.2) is 4.79 Å². The van der Waals surface area contributed by atoms with Crippen LogP contribution in [0.5, 0.6) is 11.5 Å². The smallest absolute Gasteiger partial charge is 0.317 e. The number of amides is 2. The zero-order valence-corrected chi connectivity index (χ0v) is 11.5. The second kappa shape index (κ2) is 8.24. The number of nitrogens with one attached hydrogen (secondary N) is 2. The molecule has 0 spiro atoms. The maximum Gasteiger partial charge on any atom is 0.317 e. The largest absolute Gasteiger partial charge is 0.508 e. The standard InChI is InChI=1S/C14H22N2O3/c1-3-4-5-10-15-14(18)16-11(2)19-13-8-6-12(17)7-9-13/h6-9,11,17H,3-5,10H2,1-2H3,(H2,15,16,18). The molecule has 0 aliphatic heterocycles. The maximum atomic E-state index is 11.5. The number of rotatable bonds is 7. The van der Waals surface area contributed by atoms with Crippen molar-refractivity contribution in [1.29, 1.82) is 0 Å². The highest BCUT2D eigenvalue weighted by Crippen LogP contribution is 2.16. The van der Waals surface area contributed by atoms with E-state index in [9.17, 15) is 4.79 Å². The molecule has 106 valence electrons. The highest BCUT2D eigenvalue weighted by Gasteiger charge is 2.07. The van der Waals surface area contributed by atoms with Gasteiger partial charge in [0.25, 0.3) is 0 Å². The number of phenolic OH excluding ortho intramolecular Hbond substituents is 1. The molecular weight excluding hydrogens is 244 g/mol. The van der Waals surface area contributed by atoms with Gasteiger partial charge in [-0.1, -0.05) is 19.8 Å². The third-order valence-corrected chi connectivity index (χ3v) is 2.55. The molecule has 0 bridgehead atoms. The molecule has 0 aliphatic rings. The van der Waals surface area contributed by atoms with Crippen molar-refractivity contribution < 1.29 is 14.6 Å². The molecule has 0 saturated heterocycles. The highest BCUT2D eigenvalue weighted by atomic mass is 16.5. The third kappa shape index (κ3) is 6.55. The molecule has 0 radical (unpaired) electrons. The van der Waals surface area contributed by atoms with Crippen LogP contribution < -0.4 is 15.4 Å². The summed E-state index contributed by atoms with van der Waals surface area (Å²) in [6.45, 7) is 4.54. The Balaban J connectivity index is 2.24. The quantitative estimate of drug-likeness (QED) is 0.525. The van der Waals surface area contributed by atoms with Crippen LogP contribution in [0.2, 0.25) is 0 Å². The van der Waals surface area contributed by atoms with Crippen LogP contribution in [0.15, 0.2) is 24.3 Å². The molecule has 1 unspecified atom stereocenters. The van der Waals surface area contributed by atoms with E-state index in [-0.39, 0.29) is 11.8 Å². The molecule has 1 atom stereocenters. The van der Waals surface area contributed by atoms with Gasteiger partial charge in [-0.3, -0.25) is 0 Å². The van der Waals surface area contributed by atoms with Crippen molar-refractivity contribution in [1.82, 2.24) is 10.6 Å².